The molecule has 3 aromatic rings. The van der Waals surface area contributed by atoms with Crippen molar-refractivity contribution in [1.82, 2.24) is 39.4 Å². The molecular weight excluding hydrogens is 847 g/mol. The molecule has 3 unspecified atom stereocenters. The van der Waals surface area contributed by atoms with Crippen molar-refractivity contribution in [3.8, 4) is 22.9 Å². The maximum Gasteiger partial charge on any atom is 0.329 e. The Morgan fingerprint density at radius 2 is 1.79 bits per heavy atom. The number of nitrogens with zero attached hydrogens (tertiary/aromatic N) is 5. The number of likely N-dealkylation sites (N-methyl/N-ethyl adjacent to an activating group) is 1. The summed E-state index contributed by atoms with van der Waals surface area (Å²) >= 11 is 0.0292. The molecule has 2 aromatic heterocycles. The molecule has 7 atom stereocenters. The number of thiazole rings is 1. The second-order valence-corrected chi connectivity index (χ2v) is 21.3. The van der Waals surface area contributed by atoms with E-state index in [4.69, 9.17) is 19.4 Å². The SMILES string of the molecule is COc1ccc2c(O[C@@H]3C[C@H]4C(=O)N[C@]5(C(=O)O)CC5CCCCCCC[C@H](NC(=O)NC(CN(C)[S+]([O-])N(C)C)C(C)(C)C)C(=O)N4C3)cc(-c3csc(NC(C)C)n3)nc2c1. The number of aliphatic carboxylic acids is 1. The van der Waals surface area contributed by atoms with E-state index >= 15 is 0 Å². The Morgan fingerprint density at radius 3 is 2.46 bits per heavy atom. The first kappa shape index (κ1) is 48.0. The molecule has 4 amide bonds. The van der Waals surface area contributed by atoms with Gasteiger partial charge in [0.15, 0.2) is 5.13 Å². The van der Waals surface area contributed by atoms with Crippen LogP contribution in [0.5, 0.6) is 11.5 Å². The molecule has 3 aliphatic rings. The summed E-state index contributed by atoms with van der Waals surface area (Å²) in [5.74, 6) is -1.25. The van der Waals surface area contributed by atoms with Crippen LogP contribution in [-0.4, -0.2) is 134 Å². The maximum absolute atomic E-state index is 14.9. The number of hydrogen-bond acceptors (Lipinski definition) is 13. The minimum Gasteiger partial charge on any atom is -0.579 e. The lowest BCUT2D eigenvalue weighted by Crippen LogP contribution is -2.59. The Bertz CT molecular complexity index is 2110. The summed E-state index contributed by atoms with van der Waals surface area (Å²) in [6.07, 6.45) is 4.80. The Morgan fingerprint density at radius 1 is 1.08 bits per heavy atom. The molecule has 0 radical (unpaired) electrons. The van der Waals surface area contributed by atoms with E-state index < -0.39 is 70.5 Å². The highest BCUT2D eigenvalue weighted by Crippen LogP contribution is 2.48. The van der Waals surface area contributed by atoms with E-state index in [1.807, 2.05) is 58.2 Å². The second-order valence-electron chi connectivity index (χ2n) is 18.7. The number of carbonyl (C=O) groups is 4. The monoisotopic (exact) mass is 911 g/mol. The predicted molar refractivity (Wildman–Crippen MR) is 245 cm³/mol. The number of rotatable bonds is 13. The van der Waals surface area contributed by atoms with Crippen molar-refractivity contribution in [3.05, 3.63) is 29.6 Å². The van der Waals surface area contributed by atoms with Crippen LogP contribution in [0.2, 0.25) is 0 Å². The van der Waals surface area contributed by atoms with E-state index in [2.05, 4.69) is 21.3 Å². The van der Waals surface area contributed by atoms with Gasteiger partial charge in [0.25, 0.3) is 0 Å². The van der Waals surface area contributed by atoms with E-state index in [0.717, 1.165) is 30.8 Å². The third-order valence-electron chi connectivity index (χ3n) is 12.2. The highest BCUT2D eigenvalue weighted by molar-refractivity contribution is 7.86. The van der Waals surface area contributed by atoms with Gasteiger partial charge in [-0.2, -0.15) is 0 Å². The second kappa shape index (κ2) is 20.2. The van der Waals surface area contributed by atoms with Crippen molar-refractivity contribution in [2.75, 3.05) is 46.7 Å². The number of pyridine rings is 1. The average molecular weight is 912 g/mol. The number of carboxylic acids is 1. The summed E-state index contributed by atoms with van der Waals surface area (Å²) in [5, 5.41) is 26.0. The summed E-state index contributed by atoms with van der Waals surface area (Å²) < 4.78 is 28.4. The molecule has 2 aliphatic heterocycles. The summed E-state index contributed by atoms with van der Waals surface area (Å²) in [4.78, 5) is 67.1. The molecule has 6 rings (SSSR count). The van der Waals surface area contributed by atoms with Gasteiger partial charge in [-0.1, -0.05) is 52.9 Å². The maximum atomic E-state index is 14.9. The molecule has 1 saturated carbocycles. The Kier molecular flexibility index (Phi) is 15.4. The normalized spacial score (nSPS) is 24.5. The zero-order valence-electron chi connectivity index (χ0n) is 38.0. The number of urea groups is 1. The molecule has 63 heavy (non-hydrogen) atoms. The molecule has 1 aromatic carbocycles. The van der Waals surface area contributed by atoms with Crippen molar-refractivity contribution in [2.45, 2.75) is 128 Å². The third-order valence-corrected chi connectivity index (χ3v) is 14.2. The third kappa shape index (κ3) is 11.6. The van der Waals surface area contributed by atoms with Gasteiger partial charge in [-0.3, -0.25) is 9.59 Å². The van der Waals surface area contributed by atoms with Crippen molar-refractivity contribution < 1.29 is 38.3 Å². The first-order valence-corrected chi connectivity index (χ1v) is 23.8. The Hall–Kier alpha value is -4.43. The summed E-state index contributed by atoms with van der Waals surface area (Å²) in [6, 6.07) is 4.36. The minimum absolute atomic E-state index is 0.000438. The number of carbonyl (C=O) groups excluding carboxylic acids is 3. The summed E-state index contributed by atoms with van der Waals surface area (Å²) in [6.45, 7) is 10.3. The van der Waals surface area contributed by atoms with E-state index in [1.165, 1.54) is 16.2 Å². The summed E-state index contributed by atoms with van der Waals surface area (Å²) in [5.41, 5.74) is -0.0397. The van der Waals surface area contributed by atoms with Crippen molar-refractivity contribution in [3.63, 3.8) is 0 Å². The molecule has 0 bridgehead atoms. The fourth-order valence-corrected chi connectivity index (χ4v) is 10.1. The van der Waals surface area contributed by atoms with Crippen LogP contribution < -0.4 is 30.7 Å². The van der Waals surface area contributed by atoms with Crippen LogP contribution in [0.4, 0.5) is 9.93 Å². The molecule has 19 heteroatoms. The number of methoxy groups -OCH3 is 1. The quantitative estimate of drug-likeness (QED) is 0.136. The number of amides is 4. The van der Waals surface area contributed by atoms with Gasteiger partial charge >= 0.3 is 12.0 Å². The van der Waals surface area contributed by atoms with Gasteiger partial charge in [-0.15, -0.1) is 19.9 Å². The van der Waals surface area contributed by atoms with Gasteiger partial charge < -0.3 is 45.3 Å². The van der Waals surface area contributed by atoms with E-state index in [1.54, 1.807) is 42.9 Å². The van der Waals surface area contributed by atoms with Crippen molar-refractivity contribution >= 4 is 62.7 Å². The number of fused-ring (bicyclic) bond motifs is 3. The van der Waals surface area contributed by atoms with Crippen LogP contribution in [0.25, 0.3) is 22.3 Å². The van der Waals surface area contributed by atoms with Gasteiger partial charge in [-0.25, -0.2) is 19.6 Å². The van der Waals surface area contributed by atoms with Crippen LogP contribution in [0, 0.1) is 11.3 Å². The average Bonchev–Trinajstić information content (AvgIpc) is 3.48. The highest BCUT2D eigenvalue weighted by Gasteiger charge is 2.62. The zero-order valence-corrected chi connectivity index (χ0v) is 39.6. The van der Waals surface area contributed by atoms with Crippen LogP contribution in [0.15, 0.2) is 29.6 Å². The minimum atomic E-state index is -1.43. The molecule has 3 fully saturated rings. The molecule has 2 saturated heterocycles. The number of ether oxygens (including phenoxy) is 2. The van der Waals surface area contributed by atoms with Gasteiger partial charge in [0, 0.05) is 56.5 Å². The fraction of sp³-hybridized carbons (Fsp3) is 0.636. The molecule has 346 valence electrons. The highest BCUT2D eigenvalue weighted by atomic mass is 32.2. The number of nitrogens with one attached hydrogen (secondary N) is 4. The van der Waals surface area contributed by atoms with Crippen LogP contribution in [0.3, 0.4) is 0 Å². The molecule has 17 nitrogen and oxygen atoms in total. The van der Waals surface area contributed by atoms with E-state index in [0.29, 0.717) is 59.5 Å². The van der Waals surface area contributed by atoms with Crippen LogP contribution in [-0.2, 0) is 25.9 Å². The largest absolute Gasteiger partial charge is 0.579 e. The van der Waals surface area contributed by atoms with Crippen LogP contribution >= 0.6 is 11.3 Å². The standard InChI is InChI=1S/C44H65N9O8S2/c1-26(2)45-42-48-34(25-62-42)33-21-36(30-18-17-28(60-9)19-32(30)46-33)61-29-20-35-38(54)50-44(40(56)57)22-27(44)15-13-11-10-12-14-16-31(39(55)53(35)23-29)47-41(58)49-37(43(3,4)5)24-52(8)63(59)51(6)7/h17-19,21,25-27,29,31,35,37H,10-16,20,22-24H2,1-9H3,(H,45,48)(H,50,54)(H,56,57)(H2,47,49,58)/t27?,29-,31+,35+,37?,44-,63?/m1/s1. The van der Waals surface area contributed by atoms with Crippen LogP contribution in [0.1, 0.15) is 92.4 Å². The first-order chi connectivity index (χ1) is 29.8. The number of carboxylic acid groups (broad SMARTS) is 1. The molecule has 4 heterocycles. The Balaban J connectivity index is 1.31. The summed E-state index contributed by atoms with van der Waals surface area (Å²) in [7, 11) is 6.72. The number of anilines is 1. The molecule has 5 N–H and O–H groups in total. The lowest BCUT2D eigenvalue weighted by molar-refractivity contribution is -0.145. The van der Waals surface area contributed by atoms with Crippen molar-refractivity contribution in [2.24, 2.45) is 11.3 Å². The predicted octanol–water partition coefficient (Wildman–Crippen LogP) is 5.39. The number of hydrogen-bond donors (Lipinski definition) is 5. The molecule has 1 aliphatic carbocycles. The number of aromatic nitrogens is 2. The Labute approximate surface area is 377 Å². The lowest BCUT2D eigenvalue weighted by atomic mass is 9.87. The van der Waals surface area contributed by atoms with Gasteiger partial charge in [0.05, 0.1) is 37.5 Å². The first-order valence-electron chi connectivity index (χ1n) is 21.9. The van der Waals surface area contributed by atoms with E-state index in [-0.39, 0.29) is 31.5 Å². The van der Waals surface area contributed by atoms with Gasteiger partial charge in [0.2, 0.25) is 11.8 Å². The van der Waals surface area contributed by atoms with Gasteiger partial charge in [0.1, 0.15) is 52.5 Å². The zero-order chi connectivity index (χ0) is 45.8. The lowest BCUT2D eigenvalue weighted by Gasteiger charge is -2.35. The topological polar surface area (TPSA) is 214 Å². The molecule has 0 spiro atoms. The smallest absolute Gasteiger partial charge is 0.329 e. The van der Waals surface area contributed by atoms with Gasteiger partial charge in [-0.05, 0) is 56.6 Å². The molecular formula is C44H65N9O8S2. The van der Waals surface area contributed by atoms with E-state index in [9.17, 15) is 28.8 Å². The number of benzene rings is 1. The fourth-order valence-electron chi connectivity index (χ4n) is 8.46. The van der Waals surface area contributed by atoms with Crippen molar-refractivity contribution in [1.29, 1.82) is 0 Å².